The fourth-order valence-electron chi connectivity index (χ4n) is 2.86. The number of halogens is 1. The van der Waals surface area contributed by atoms with E-state index in [-0.39, 0.29) is 6.61 Å². The van der Waals surface area contributed by atoms with Gasteiger partial charge in [-0.25, -0.2) is 0 Å². The van der Waals surface area contributed by atoms with Gasteiger partial charge in [-0.3, -0.25) is 0 Å². The molecule has 1 saturated heterocycles. The maximum Gasteiger partial charge on any atom is 0.119 e. The minimum Gasteiger partial charge on any atom is -0.616 e. The Hall–Kier alpha value is -0.460. The van der Waals surface area contributed by atoms with Crippen LogP contribution in [0.2, 0.25) is 5.02 Å². The van der Waals surface area contributed by atoms with Crippen molar-refractivity contribution in [3.05, 3.63) is 29.3 Å². The third kappa shape index (κ3) is 6.89. The van der Waals surface area contributed by atoms with Crippen LogP contribution in [0, 0.1) is 5.92 Å². The van der Waals surface area contributed by atoms with Crippen LogP contribution in [0.4, 0.5) is 0 Å². The molecular weight excluding hydrogens is 334 g/mol. The summed E-state index contributed by atoms with van der Waals surface area (Å²) in [6, 6.07) is 7.13. The summed E-state index contributed by atoms with van der Waals surface area (Å²) in [7, 11) is 0. The molecule has 0 radical (unpaired) electrons. The van der Waals surface area contributed by atoms with Gasteiger partial charge in [-0.2, -0.15) is 0 Å². The van der Waals surface area contributed by atoms with Gasteiger partial charge in [0.15, 0.2) is 0 Å². The predicted molar refractivity (Wildman–Crippen MR) is 95.7 cm³/mol. The standard InChI is InChI=1S/C17H26ClNO3S/c1-2-9-23(21)13-14-7-8-19(10-14)11-16(20)12-22-17-5-3-15(18)4-6-17/h3-6,14,16,20H,2,7-13H2,1H3. The quantitative estimate of drug-likeness (QED) is 0.688. The zero-order valence-electron chi connectivity index (χ0n) is 13.6. The van der Waals surface area contributed by atoms with Crippen molar-refractivity contribution < 1.29 is 14.4 Å². The molecule has 0 saturated carbocycles. The first-order valence-electron chi connectivity index (χ1n) is 8.20. The van der Waals surface area contributed by atoms with E-state index in [1.54, 1.807) is 24.3 Å². The Labute approximate surface area is 147 Å². The van der Waals surface area contributed by atoms with Gasteiger partial charge in [0.1, 0.15) is 30.0 Å². The van der Waals surface area contributed by atoms with Crippen LogP contribution in [0.1, 0.15) is 19.8 Å². The summed E-state index contributed by atoms with van der Waals surface area (Å²) in [6.07, 6.45) is 1.52. The number of benzene rings is 1. The molecule has 23 heavy (non-hydrogen) atoms. The molecule has 0 bridgehead atoms. The van der Waals surface area contributed by atoms with Crippen LogP contribution in [-0.2, 0) is 11.2 Å². The van der Waals surface area contributed by atoms with Gasteiger partial charge in [0, 0.05) is 24.0 Å². The van der Waals surface area contributed by atoms with E-state index in [4.69, 9.17) is 16.3 Å². The van der Waals surface area contributed by atoms with Crippen LogP contribution < -0.4 is 4.74 Å². The highest BCUT2D eigenvalue weighted by Gasteiger charge is 2.27. The Balaban J connectivity index is 1.65. The van der Waals surface area contributed by atoms with Gasteiger partial charge in [0.2, 0.25) is 0 Å². The largest absolute Gasteiger partial charge is 0.616 e. The van der Waals surface area contributed by atoms with Crippen molar-refractivity contribution in [1.82, 2.24) is 4.90 Å². The summed E-state index contributed by atoms with van der Waals surface area (Å²) >= 11 is 5.13. The number of aliphatic hydroxyl groups is 1. The zero-order valence-corrected chi connectivity index (χ0v) is 15.2. The normalized spacial score (nSPS) is 21.3. The van der Waals surface area contributed by atoms with Crippen LogP contribution in [0.15, 0.2) is 24.3 Å². The molecule has 1 heterocycles. The number of nitrogens with zero attached hydrogens (tertiary/aromatic N) is 1. The second-order valence-corrected chi connectivity index (χ2v) is 8.20. The molecular formula is C17H26ClNO3S. The molecule has 1 fully saturated rings. The van der Waals surface area contributed by atoms with Crippen molar-refractivity contribution in [1.29, 1.82) is 0 Å². The number of ether oxygens (including phenoxy) is 1. The van der Waals surface area contributed by atoms with E-state index in [0.717, 1.165) is 37.4 Å². The van der Waals surface area contributed by atoms with Gasteiger partial charge in [-0.05, 0) is 43.7 Å². The van der Waals surface area contributed by atoms with Gasteiger partial charge in [0.05, 0.1) is 0 Å². The van der Waals surface area contributed by atoms with E-state index in [1.807, 2.05) is 0 Å². The molecule has 1 N–H and O–H groups in total. The fraction of sp³-hybridized carbons (Fsp3) is 0.647. The van der Waals surface area contributed by atoms with Crippen molar-refractivity contribution in [3.63, 3.8) is 0 Å². The van der Waals surface area contributed by atoms with E-state index in [2.05, 4.69) is 11.8 Å². The highest BCUT2D eigenvalue weighted by atomic mass is 35.5. The molecule has 6 heteroatoms. The van der Waals surface area contributed by atoms with Crippen molar-refractivity contribution in [2.75, 3.05) is 37.7 Å². The highest BCUT2D eigenvalue weighted by molar-refractivity contribution is 7.91. The molecule has 1 aliphatic rings. The number of hydrogen-bond acceptors (Lipinski definition) is 4. The molecule has 130 valence electrons. The second kappa shape index (κ2) is 9.74. The average molecular weight is 360 g/mol. The third-order valence-corrected chi connectivity index (χ3v) is 5.91. The van der Waals surface area contributed by atoms with E-state index in [0.29, 0.717) is 23.2 Å². The lowest BCUT2D eigenvalue weighted by molar-refractivity contribution is 0.0749. The monoisotopic (exact) mass is 359 g/mol. The molecule has 0 spiro atoms. The summed E-state index contributed by atoms with van der Waals surface area (Å²) in [5, 5.41) is 10.8. The number of likely N-dealkylation sites (tertiary alicyclic amines) is 1. The fourth-order valence-corrected chi connectivity index (χ4v) is 4.41. The van der Waals surface area contributed by atoms with E-state index < -0.39 is 17.3 Å². The molecule has 2 rings (SSSR count). The van der Waals surface area contributed by atoms with Crippen molar-refractivity contribution in [2.24, 2.45) is 5.92 Å². The van der Waals surface area contributed by atoms with Crippen LogP contribution in [-0.4, -0.2) is 58.4 Å². The van der Waals surface area contributed by atoms with Gasteiger partial charge < -0.3 is 19.3 Å². The number of aliphatic hydroxyl groups excluding tert-OH is 1. The second-order valence-electron chi connectivity index (χ2n) is 6.14. The number of β-amino-alcohol motifs (C(OH)–C–C–N with tert-alkyl or cyclic N) is 1. The molecule has 1 aliphatic heterocycles. The molecule has 4 nitrogen and oxygen atoms in total. The Morgan fingerprint density at radius 1 is 1.43 bits per heavy atom. The molecule has 1 aromatic rings. The van der Waals surface area contributed by atoms with E-state index >= 15 is 0 Å². The van der Waals surface area contributed by atoms with Crippen LogP contribution >= 0.6 is 11.6 Å². The Kier molecular flexibility index (Phi) is 7.99. The molecule has 0 aliphatic carbocycles. The van der Waals surface area contributed by atoms with Gasteiger partial charge in [0.25, 0.3) is 0 Å². The Bertz CT molecular complexity index is 460. The minimum atomic E-state index is -0.692. The van der Waals surface area contributed by atoms with Crippen LogP contribution in [0.3, 0.4) is 0 Å². The SMILES string of the molecule is CCC[S+]([O-])CC1CCN(CC(O)COc2ccc(Cl)cc2)C1. The summed E-state index contributed by atoms with van der Waals surface area (Å²) in [5.41, 5.74) is 0. The summed E-state index contributed by atoms with van der Waals surface area (Å²) in [4.78, 5) is 2.24. The van der Waals surface area contributed by atoms with Crippen molar-refractivity contribution in [3.8, 4) is 5.75 Å². The maximum atomic E-state index is 11.8. The lowest BCUT2D eigenvalue weighted by Gasteiger charge is -2.20. The summed E-state index contributed by atoms with van der Waals surface area (Å²) < 4.78 is 17.4. The number of rotatable bonds is 9. The molecule has 3 atom stereocenters. The first-order chi connectivity index (χ1) is 11.1. The molecule has 0 amide bonds. The maximum absolute atomic E-state index is 11.8. The van der Waals surface area contributed by atoms with Crippen LogP contribution in [0.5, 0.6) is 5.75 Å². The van der Waals surface area contributed by atoms with Gasteiger partial charge in [-0.15, -0.1) is 0 Å². The highest BCUT2D eigenvalue weighted by Crippen LogP contribution is 2.19. The predicted octanol–water partition coefficient (Wildman–Crippen LogP) is 2.56. The Morgan fingerprint density at radius 2 is 2.17 bits per heavy atom. The first-order valence-corrected chi connectivity index (χ1v) is 10.1. The zero-order chi connectivity index (χ0) is 16.7. The molecule has 3 unspecified atom stereocenters. The smallest absolute Gasteiger partial charge is 0.119 e. The van der Waals surface area contributed by atoms with E-state index in [9.17, 15) is 9.66 Å². The summed E-state index contributed by atoms with van der Waals surface area (Å²) in [5.74, 6) is 2.80. The topological polar surface area (TPSA) is 55.8 Å². The average Bonchev–Trinajstić information content (AvgIpc) is 2.94. The lowest BCUT2D eigenvalue weighted by Crippen LogP contribution is -2.34. The lowest BCUT2D eigenvalue weighted by atomic mass is 10.2. The van der Waals surface area contributed by atoms with Crippen molar-refractivity contribution >= 4 is 22.8 Å². The van der Waals surface area contributed by atoms with Gasteiger partial charge >= 0.3 is 0 Å². The van der Waals surface area contributed by atoms with E-state index in [1.165, 1.54) is 0 Å². The van der Waals surface area contributed by atoms with Crippen LogP contribution in [0.25, 0.3) is 0 Å². The number of hydrogen-bond donors (Lipinski definition) is 1. The van der Waals surface area contributed by atoms with Gasteiger partial charge in [-0.1, -0.05) is 29.7 Å². The Morgan fingerprint density at radius 3 is 2.87 bits per heavy atom. The minimum absolute atomic E-state index is 0.268. The first kappa shape index (κ1) is 18.9. The van der Waals surface area contributed by atoms with Crippen molar-refractivity contribution in [2.45, 2.75) is 25.9 Å². The summed E-state index contributed by atoms with van der Waals surface area (Å²) in [6.45, 7) is 4.82. The molecule has 0 aromatic heterocycles. The third-order valence-electron chi connectivity index (χ3n) is 3.95. The molecule has 1 aromatic carbocycles.